The van der Waals surface area contributed by atoms with Crippen molar-refractivity contribution in [3.8, 4) is 5.82 Å². The minimum Gasteiger partial charge on any atom is -0.294 e. The van der Waals surface area contributed by atoms with E-state index < -0.39 is 8.07 Å². The van der Waals surface area contributed by atoms with Crippen molar-refractivity contribution in [3.63, 3.8) is 0 Å². The first-order chi connectivity index (χ1) is 21.0. The third kappa shape index (κ3) is 4.61. The lowest BCUT2D eigenvalue weighted by molar-refractivity contribution is 0.0843. The second-order valence-electron chi connectivity index (χ2n) is 13.7. The molecule has 0 atom stereocenters. The predicted molar refractivity (Wildman–Crippen MR) is 188 cm³/mol. The van der Waals surface area contributed by atoms with Crippen molar-refractivity contribution in [3.05, 3.63) is 115 Å². The molecule has 3 heterocycles. The van der Waals surface area contributed by atoms with Crippen LogP contribution in [0.3, 0.4) is 0 Å². The molecule has 1 aliphatic heterocycles. The highest BCUT2D eigenvalue weighted by molar-refractivity contribution is 7.00. The fourth-order valence-corrected chi connectivity index (χ4v) is 8.71. The molecule has 1 aliphatic rings. The van der Waals surface area contributed by atoms with Crippen molar-refractivity contribution in [2.75, 3.05) is 10.1 Å². The van der Waals surface area contributed by atoms with Gasteiger partial charge in [-0.05, 0) is 80.8 Å². The Balaban J connectivity index is 1.34. The van der Waals surface area contributed by atoms with E-state index in [-0.39, 0.29) is 5.54 Å². The number of pyridine rings is 1. The number of benzene rings is 4. The van der Waals surface area contributed by atoms with Gasteiger partial charge in [0.2, 0.25) is 0 Å². The lowest BCUT2D eigenvalue weighted by Crippen LogP contribution is -2.53. The molecule has 0 amide bonds. The van der Waals surface area contributed by atoms with Crippen LogP contribution in [0.4, 0.5) is 17.1 Å². The van der Waals surface area contributed by atoms with Gasteiger partial charge in [0.1, 0.15) is 13.9 Å². The van der Waals surface area contributed by atoms with Gasteiger partial charge in [-0.1, -0.05) is 91.9 Å². The van der Waals surface area contributed by atoms with E-state index in [0.29, 0.717) is 5.92 Å². The van der Waals surface area contributed by atoms with Crippen LogP contribution in [0.2, 0.25) is 13.1 Å². The first-order valence-corrected chi connectivity index (χ1v) is 18.5. The van der Waals surface area contributed by atoms with Crippen LogP contribution in [0.1, 0.15) is 46.1 Å². The Bertz CT molecular complexity index is 2020. The minimum absolute atomic E-state index is 0.187. The molecular formula is C38H40N4OSi. The fourth-order valence-electron chi connectivity index (χ4n) is 6.36. The normalized spacial score (nSPS) is 13.8. The van der Waals surface area contributed by atoms with Crippen LogP contribution in [-0.2, 0) is 4.94 Å². The molecule has 0 bridgehead atoms. The number of fused-ring (bicyclic) bond motifs is 4. The van der Waals surface area contributed by atoms with Crippen LogP contribution in [0, 0.1) is 0 Å². The van der Waals surface area contributed by atoms with Crippen molar-refractivity contribution in [1.29, 1.82) is 0 Å². The summed E-state index contributed by atoms with van der Waals surface area (Å²) in [7, 11) is -2.13. The van der Waals surface area contributed by atoms with Gasteiger partial charge in [0.05, 0.1) is 33.6 Å². The van der Waals surface area contributed by atoms with E-state index in [9.17, 15) is 0 Å². The van der Waals surface area contributed by atoms with E-state index >= 15 is 0 Å². The topological polar surface area (TPSA) is 33.5 Å². The maximum atomic E-state index is 6.51. The van der Waals surface area contributed by atoms with Gasteiger partial charge in [0, 0.05) is 17.0 Å². The Morgan fingerprint density at radius 1 is 0.705 bits per heavy atom. The van der Waals surface area contributed by atoms with E-state index in [4.69, 9.17) is 9.92 Å². The Morgan fingerprint density at radius 3 is 2.18 bits per heavy atom. The molecule has 0 saturated heterocycles. The number of nitrogens with zero attached hydrogens (tertiary/aromatic N) is 4. The largest absolute Gasteiger partial charge is 0.294 e. The lowest BCUT2D eigenvalue weighted by Gasteiger charge is -2.32. The van der Waals surface area contributed by atoms with Crippen LogP contribution < -0.4 is 20.5 Å². The van der Waals surface area contributed by atoms with Gasteiger partial charge in [-0.15, -0.1) is 4.94 Å². The van der Waals surface area contributed by atoms with Gasteiger partial charge in [0.25, 0.3) is 0 Å². The van der Waals surface area contributed by atoms with Crippen molar-refractivity contribution in [1.82, 2.24) is 9.55 Å². The highest BCUT2D eigenvalue weighted by atomic mass is 28.3. The summed E-state index contributed by atoms with van der Waals surface area (Å²) in [6.07, 6.45) is 1.94. The smallest absolute Gasteiger partial charge is 0.137 e. The van der Waals surface area contributed by atoms with Gasteiger partial charge < -0.3 is 0 Å². The number of hydrogen-bond acceptors (Lipinski definition) is 4. The molecule has 6 heteroatoms. The molecule has 0 spiro atoms. The molecule has 5 nitrogen and oxygen atoms in total. The van der Waals surface area contributed by atoms with Crippen LogP contribution in [0.15, 0.2) is 109 Å². The molecule has 0 saturated carbocycles. The lowest BCUT2D eigenvalue weighted by atomic mass is 10.1. The van der Waals surface area contributed by atoms with Gasteiger partial charge in [-0.2, -0.15) is 5.06 Å². The zero-order valence-corrected chi connectivity index (χ0v) is 27.7. The summed E-state index contributed by atoms with van der Waals surface area (Å²) in [6.45, 7) is 15.9. The summed E-state index contributed by atoms with van der Waals surface area (Å²) in [5, 5.41) is 9.22. The van der Waals surface area contributed by atoms with Gasteiger partial charge in [-0.25, -0.2) is 10.0 Å². The minimum atomic E-state index is -2.13. The second-order valence-corrected chi connectivity index (χ2v) is 18.1. The van der Waals surface area contributed by atoms with Crippen molar-refractivity contribution in [2.45, 2.75) is 59.2 Å². The van der Waals surface area contributed by atoms with Gasteiger partial charge in [0.15, 0.2) is 0 Å². The standard InChI is InChI=1S/C38H40N4OSi/c1-26(2)27-21-22-39-37(23-27)40-33-16-9-8-15-31(33)32-20-19-30(25-36(32)40)44(6,7)29-14-12-13-28(24-29)41-34-17-10-11-18-35(34)42(43-41)38(3,4)5/h8-26H,1-7H3. The molecule has 0 aliphatic carbocycles. The molecule has 44 heavy (non-hydrogen) atoms. The zero-order chi connectivity index (χ0) is 30.8. The Hall–Kier alpha value is -4.39. The molecule has 2 aromatic heterocycles. The molecule has 0 radical (unpaired) electrons. The first-order valence-electron chi connectivity index (χ1n) is 15.5. The Labute approximate surface area is 261 Å². The van der Waals surface area contributed by atoms with E-state index in [2.05, 4.69) is 155 Å². The average Bonchev–Trinajstić information content (AvgIpc) is 3.58. The zero-order valence-electron chi connectivity index (χ0n) is 26.7. The molecule has 6 aromatic rings. The molecule has 222 valence electrons. The van der Waals surface area contributed by atoms with E-state index in [1.54, 1.807) is 0 Å². The fraction of sp³-hybridized carbons (Fsp3) is 0.237. The predicted octanol–water partition coefficient (Wildman–Crippen LogP) is 8.73. The second kappa shape index (κ2) is 10.4. The third-order valence-corrected chi connectivity index (χ3v) is 12.5. The molecule has 0 unspecified atom stereocenters. The maximum Gasteiger partial charge on any atom is 0.137 e. The number of anilines is 3. The highest BCUT2D eigenvalue weighted by Crippen LogP contribution is 2.44. The average molecular weight is 597 g/mol. The quantitative estimate of drug-likeness (QED) is 0.186. The molecular weight excluding hydrogens is 557 g/mol. The number of rotatable bonds is 5. The highest BCUT2D eigenvalue weighted by Gasteiger charge is 2.36. The SMILES string of the molecule is CC(C)c1ccnc(-n2c3ccccc3c3ccc([Si](C)(C)c4cccc(N5ON(C(C)(C)C)c6ccccc65)c4)cc32)c1. The number of hydrogen-bond donors (Lipinski definition) is 0. The molecule has 0 N–H and O–H groups in total. The summed E-state index contributed by atoms with van der Waals surface area (Å²) in [6, 6.07) is 37.4. The first kappa shape index (κ1) is 28.4. The van der Waals surface area contributed by atoms with Gasteiger partial charge in [-0.3, -0.25) is 4.57 Å². The van der Waals surface area contributed by atoms with Crippen molar-refractivity contribution in [2.24, 2.45) is 0 Å². The summed E-state index contributed by atoms with van der Waals surface area (Å²) in [4.78, 5) is 11.4. The summed E-state index contributed by atoms with van der Waals surface area (Å²) >= 11 is 0. The summed E-state index contributed by atoms with van der Waals surface area (Å²) in [5.74, 6) is 1.40. The van der Waals surface area contributed by atoms with E-state index in [1.165, 1.54) is 37.7 Å². The van der Waals surface area contributed by atoms with E-state index in [1.807, 2.05) is 16.3 Å². The van der Waals surface area contributed by atoms with E-state index in [0.717, 1.165) is 22.9 Å². The Morgan fingerprint density at radius 2 is 1.41 bits per heavy atom. The Kier molecular flexibility index (Phi) is 6.68. The number of aromatic nitrogens is 2. The van der Waals surface area contributed by atoms with Gasteiger partial charge >= 0.3 is 0 Å². The summed E-state index contributed by atoms with van der Waals surface area (Å²) in [5.41, 5.74) is 6.66. The summed E-state index contributed by atoms with van der Waals surface area (Å²) < 4.78 is 2.34. The van der Waals surface area contributed by atoms with Crippen LogP contribution in [0.25, 0.3) is 27.6 Å². The third-order valence-electron chi connectivity index (χ3n) is 8.96. The van der Waals surface area contributed by atoms with Crippen LogP contribution in [0.5, 0.6) is 0 Å². The number of para-hydroxylation sites is 3. The number of hydroxylamine groups is 1. The van der Waals surface area contributed by atoms with Crippen LogP contribution in [-0.4, -0.2) is 23.2 Å². The van der Waals surface area contributed by atoms with Crippen LogP contribution >= 0.6 is 0 Å². The monoisotopic (exact) mass is 596 g/mol. The molecule has 4 aromatic carbocycles. The van der Waals surface area contributed by atoms with Crippen molar-refractivity contribution < 1.29 is 4.94 Å². The maximum absolute atomic E-state index is 6.51. The molecule has 7 rings (SSSR count). The van der Waals surface area contributed by atoms with Crippen molar-refractivity contribution >= 4 is 57.3 Å². The molecule has 0 fully saturated rings.